The van der Waals surface area contributed by atoms with Gasteiger partial charge in [-0.2, -0.15) is 0 Å². The fourth-order valence-electron chi connectivity index (χ4n) is 4.11. The van der Waals surface area contributed by atoms with Crippen molar-refractivity contribution in [1.29, 1.82) is 0 Å². The molecule has 0 radical (unpaired) electrons. The number of imidazole rings is 1. The van der Waals surface area contributed by atoms with Crippen LogP contribution in [0.25, 0.3) is 11.2 Å². The van der Waals surface area contributed by atoms with Gasteiger partial charge in [-0.25, -0.2) is 9.97 Å². The predicted molar refractivity (Wildman–Crippen MR) is 127 cm³/mol. The number of carbonyl (C=O) groups excluding carboxylic acids is 2. The van der Waals surface area contributed by atoms with Gasteiger partial charge in [0.2, 0.25) is 5.95 Å². The molecule has 0 atom stereocenters. The first kappa shape index (κ1) is 22.7. The molecule has 0 spiro atoms. The molecule has 3 heterocycles. The van der Waals surface area contributed by atoms with Crippen LogP contribution in [-0.2, 0) is 11.3 Å². The van der Waals surface area contributed by atoms with E-state index < -0.39 is 0 Å². The smallest absolute Gasteiger partial charge is 0.258 e. The average molecular weight is 451 g/mol. The summed E-state index contributed by atoms with van der Waals surface area (Å²) in [5, 5.41) is 2.87. The van der Waals surface area contributed by atoms with Crippen LogP contribution in [-0.4, -0.2) is 58.1 Å². The molecule has 0 aliphatic carbocycles. The molecule has 33 heavy (non-hydrogen) atoms. The Bertz CT molecular complexity index is 1130. The van der Waals surface area contributed by atoms with Crippen LogP contribution in [0.3, 0.4) is 0 Å². The number of hydrogen-bond acceptors (Lipinski definition) is 6. The Morgan fingerprint density at radius 2 is 1.91 bits per heavy atom. The van der Waals surface area contributed by atoms with Gasteiger partial charge in [0.25, 0.3) is 11.8 Å². The van der Waals surface area contributed by atoms with Gasteiger partial charge in [-0.3, -0.25) is 19.5 Å². The third-order valence-corrected chi connectivity index (χ3v) is 5.83. The van der Waals surface area contributed by atoms with Gasteiger partial charge in [0.05, 0.1) is 5.56 Å². The first-order valence-corrected chi connectivity index (χ1v) is 11.4. The highest BCUT2D eigenvalue weighted by Gasteiger charge is 2.21. The van der Waals surface area contributed by atoms with Crippen LogP contribution in [0.15, 0.2) is 36.5 Å². The summed E-state index contributed by atoms with van der Waals surface area (Å²) < 4.78 is 7.02. The van der Waals surface area contributed by atoms with Gasteiger partial charge in [-0.05, 0) is 43.5 Å². The number of nitrogens with zero attached hydrogens (tertiary/aromatic N) is 4. The van der Waals surface area contributed by atoms with Crippen LogP contribution in [0.5, 0.6) is 0 Å². The Hall–Kier alpha value is -3.46. The van der Waals surface area contributed by atoms with E-state index in [0.717, 1.165) is 45.2 Å². The summed E-state index contributed by atoms with van der Waals surface area (Å²) in [6.07, 6.45) is 6.68. The van der Waals surface area contributed by atoms with E-state index in [1.807, 2.05) is 9.47 Å². The number of aryl methyl sites for hydroxylation is 1. The van der Waals surface area contributed by atoms with Gasteiger partial charge in [0, 0.05) is 50.8 Å². The first-order valence-electron chi connectivity index (χ1n) is 11.4. The first-order chi connectivity index (χ1) is 16.1. The van der Waals surface area contributed by atoms with Gasteiger partial charge in [0.1, 0.15) is 5.52 Å². The van der Waals surface area contributed by atoms with Crippen molar-refractivity contribution in [2.75, 3.05) is 37.9 Å². The third kappa shape index (κ3) is 5.31. The highest BCUT2D eigenvalue weighted by atomic mass is 16.5. The lowest BCUT2D eigenvalue weighted by Gasteiger charge is -2.20. The second-order valence-electron chi connectivity index (χ2n) is 8.29. The molecule has 0 unspecified atom stereocenters. The lowest BCUT2D eigenvalue weighted by atomic mass is 10.2. The molecule has 3 N–H and O–H groups in total. The molecule has 3 aromatic rings. The van der Waals surface area contributed by atoms with Crippen LogP contribution < -0.4 is 11.1 Å². The highest BCUT2D eigenvalue weighted by molar-refractivity contribution is 6.04. The van der Waals surface area contributed by atoms with Gasteiger partial charge in [-0.15, -0.1) is 0 Å². The number of hydrogen-bond donors (Lipinski definition) is 2. The number of aromatic nitrogens is 3. The topological polar surface area (TPSA) is 115 Å². The number of likely N-dealkylation sites (tertiary alicyclic amines) is 1. The quantitative estimate of drug-likeness (QED) is 0.421. The monoisotopic (exact) mass is 450 g/mol. The summed E-state index contributed by atoms with van der Waals surface area (Å²) in [7, 11) is 1.65. The Labute approximate surface area is 192 Å². The number of fused-ring (bicyclic) bond motifs is 1. The number of anilines is 2. The maximum absolute atomic E-state index is 13.0. The molecular formula is C24H30N6O3. The molecule has 0 saturated carbocycles. The second-order valence-corrected chi connectivity index (χ2v) is 8.29. The van der Waals surface area contributed by atoms with Crippen LogP contribution in [0.4, 0.5) is 11.6 Å². The van der Waals surface area contributed by atoms with Crippen molar-refractivity contribution in [3.05, 3.63) is 47.7 Å². The number of methoxy groups -OCH3 is 1. The molecule has 2 aromatic heterocycles. The van der Waals surface area contributed by atoms with Crippen molar-refractivity contribution in [1.82, 2.24) is 19.4 Å². The molecule has 2 amide bonds. The standard InChI is InChI=1S/C24H30N6O3/c1-33-13-7-12-30-21-20(27-24(30)28-22(31)17-8-6-9-19(25)14-17)15-18(16-26-21)23(32)29-10-4-2-3-5-11-29/h6,8-9,14-16H,2-5,7,10-13,25H2,1H3,(H,27,28,31). The number of ether oxygens (including phenoxy) is 1. The number of rotatable bonds is 7. The van der Waals surface area contributed by atoms with E-state index >= 15 is 0 Å². The maximum atomic E-state index is 13.0. The zero-order chi connectivity index (χ0) is 23.2. The zero-order valence-electron chi connectivity index (χ0n) is 18.9. The Balaban J connectivity index is 1.63. The minimum Gasteiger partial charge on any atom is -0.399 e. The number of nitrogens with two attached hydrogens (primary N) is 1. The molecular weight excluding hydrogens is 420 g/mol. The van der Waals surface area contributed by atoms with E-state index in [1.165, 1.54) is 0 Å². The molecule has 1 saturated heterocycles. The van der Waals surface area contributed by atoms with Crippen LogP contribution in [0.2, 0.25) is 0 Å². The van der Waals surface area contributed by atoms with Gasteiger partial charge in [-0.1, -0.05) is 18.9 Å². The van der Waals surface area contributed by atoms with Gasteiger partial charge in [0.15, 0.2) is 5.65 Å². The number of pyridine rings is 1. The van der Waals surface area contributed by atoms with E-state index in [1.54, 1.807) is 43.6 Å². The number of nitrogen functional groups attached to an aromatic ring is 1. The number of nitrogens with one attached hydrogen (secondary N) is 1. The summed E-state index contributed by atoms with van der Waals surface area (Å²) in [5.41, 5.74) is 8.46. The molecule has 174 valence electrons. The van der Waals surface area contributed by atoms with Gasteiger partial charge < -0.3 is 15.4 Å². The molecule has 1 aliphatic rings. The van der Waals surface area contributed by atoms with Crippen molar-refractivity contribution in [2.45, 2.75) is 38.6 Å². The molecule has 1 fully saturated rings. The van der Waals surface area contributed by atoms with E-state index in [4.69, 9.17) is 10.5 Å². The van der Waals surface area contributed by atoms with E-state index in [9.17, 15) is 9.59 Å². The van der Waals surface area contributed by atoms with E-state index in [2.05, 4.69) is 15.3 Å². The predicted octanol–water partition coefficient (Wildman–Crippen LogP) is 3.32. The number of benzene rings is 1. The van der Waals surface area contributed by atoms with E-state index in [-0.39, 0.29) is 11.8 Å². The molecule has 1 aromatic carbocycles. The molecule has 1 aliphatic heterocycles. The van der Waals surface area contributed by atoms with Crippen molar-refractivity contribution in [2.24, 2.45) is 0 Å². The number of carbonyl (C=O) groups is 2. The Morgan fingerprint density at radius 1 is 1.12 bits per heavy atom. The molecule has 9 heteroatoms. The molecule has 0 bridgehead atoms. The second kappa shape index (κ2) is 10.4. The van der Waals surface area contributed by atoms with Crippen LogP contribution >= 0.6 is 0 Å². The van der Waals surface area contributed by atoms with Crippen molar-refractivity contribution in [3.63, 3.8) is 0 Å². The maximum Gasteiger partial charge on any atom is 0.258 e. The Kier molecular flexibility index (Phi) is 7.19. The van der Waals surface area contributed by atoms with Gasteiger partial charge >= 0.3 is 0 Å². The highest BCUT2D eigenvalue weighted by Crippen LogP contribution is 2.22. The van der Waals surface area contributed by atoms with Crippen LogP contribution in [0, 0.1) is 0 Å². The third-order valence-electron chi connectivity index (χ3n) is 5.83. The minimum atomic E-state index is -0.313. The van der Waals surface area contributed by atoms with Crippen molar-refractivity contribution >= 4 is 34.6 Å². The molecule has 9 nitrogen and oxygen atoms in total. The summed E-state index contributed by atoms with van der Waals surface area (Å²) in [4.78, 5) is 36.9. The lowest BCUT2D eigenvalue weighted by Crippen LogP contribution is -2.31. The fraction of sp³-hybridized carbons (Fsp3) is 0.417. The normalized spacial score (nSPS) is 14.3. The molecule has 4 rings (SSSR count). The summed E-state index contributed by atoms with van der Waals surface area (Å²) in [6, 6.07) is 8.53. The Morgan fingerprint density at radius 3 is 2.64 bits per heavy atom. The summed E-state index contributed by atoms with van der Waals surface area (Å²) in [6.45, 7) is 2.66. The van der Waals surface area contributed by atoms with E-state index in [0.29, 0.717) is 47.1 Å². The zero-order valence-corrected chi connectivity index (χ0v) is 18.9. The van der Waals surface area contributed by atoms with Crippen molar-refractivity contribution < 1.29 is 14.3 Å². The van der Waals surface area contributed by atoms with Crippen molar-refractivity contribution in [3.8, 4) is 0 Å². The average Bonchev–Trinajstić information content (AvgIpc) is 2.97. The summed E-state index contributed by atoms with van der Waals surface area (Å²) >= 11 is 0. The summed E-state index contributed by atoms with van der Waals surface area (Å²) in [5.74, 6) is 0.0393. The largest absolute Gasteiger partial charge is 0.399 e. The minimum absolute atomic E-state index is 0.0226. The number of amides is 2. The lowest BCUT2D eigenvalue weighted by molar-refractivity contribution is 0.0761. The SMILES string of the molecule is COCCCn1c(NC(=O)c2cccc(N)c2)nc2cc(C(=O)N3CCCCCC3)cnc21. The fourth-order valence-corrected chi connectivity index (χ4v) is 4.11. The van der Waals surface area contributed by atoms with Crippen LogP contribution in [0.1, 0.15) is 52.8 Å².